The van der Waals surface area contributed by atoms with Gasteiger partial charge in [-0.2, -0.15) is 13.2 Å². The van der Waals surface area contributed by atoms with Crippen molar-refractivity contribution in [3.05, 3.63) is 92.7 Å². The van der Waals surface area contributed by atoms with Crippen molar-refractivity contribution in [1.82, 2.24) is 4.90 Å². The Balaban J connectivity index is 1.38. The molecule has 3 aliphatic heterocycles. The molecule has 1 saturated carbocycles. The summed E-state index contributed by atoms with van der Waals surface area (Å²) in [6.07, 6.45) is -2.94. The van der Waals surface area contributed by atoms with Gasteiger partial charge in [-0.3, -0.25) is 14.5 Å². The number of hydrogen-bond acceptors (Lipinski definition) is 5. The van der Waals surface area contributed by atoms with Crippen LogP contribution in [0.2, 0.25) is 10.0 Å². The number of benzene rings is 3. The Morgan fingerprint density at radius 2 is 1.85 bits per heavy atom. The molecule has 7 nitrogen and oxygen atoms in total. The lowest BCUT2D eigenvalue weighted by atomic mass is 9.69. The quantitative estimate of drug-likeness (QED) is 0.221. The predicted molar refractivity (Wildman–Crippen MR) is 167 cm³/mol. The second-order valence-corrected chi connectivity index (χ2v) is 13.4. The van der Waals surface area contributed by atoms with Crippen molar-refractivity contribution in [3.8, 4) is 0 Å². The van der Waals surface area contributed by atoms with E-state index in [0.29, 0.717) is 17.3 Å². The fourth-order valence-corrected chi connectivity index (χ4v) is 8.06. The Labute approximate surface area is 277 Å². The molecule has 3 heterocycles. The third-order valence-corrected chi connectivity index (χ3v) is 10.4. The summed E-state index contributed by atoms with van der Waals surface area (Å²) in [6, 6.07) is 12.0. The summed E-state index contributed by atoms with van der Waals surface area (Å²) in [5.74, 6) is -4.65. The number of carbonyl (C=O) groups excluding carboxylic acids is 3. The number of hydrogen-bond donors (Lipinski definition) is 1. The second kappa shape index (κ2) is 11.5. The van der Waals surface area contributed by atoms with E-state index in [0.717, 1.165) is 30.5 Å². The summed E-state index contributed by atoms with van der Waals surface area (Å²) >= 11 is 12.5. The molecule has 0 unspecified atom stereocenters. The first kappa shape index (κ1) is 31.9. The van der Waals surface area contributed by atoms with Crippen LogP contribution in [-0.2, 0) is 26.9 Å². The van der Waals surface area contributed by atoms with Crippen LogP contribution in [0.1, 0.15) is 52.7 Å². The van der Waals surface area contributed by atoms with E-state index in [1.54, 1.807) is 24.3 Å². The van der Waals surface area contributed by atoms with Crippen LogP contribution in [0.25, 0.3) is 0 Å². The van der Waals surface area contributed by atoms with Gasteiger partial charge in [0.05, 0.1) is 28.7 Å². The molecule has 13 heteroatoms. The standard InChI is InChI=1S/C34H29Cl2F4N3O4/c1-2-47-31(45)21-11-10-20(13-23(21)34(38,39)40)42-16-26-27(30(42)44)28(22-4-3-5-24(36)29(22)37)33(43(26)15-17-6-7-17)14-18-8-9-19(35)12-25(18)41-32(33)46/h3-5,8-13,17,26-28H,2,6-7,14-16H2,1H3,(H,41,46)/t26-,27+,28-,33+/m0/s1. The SMILES string of the molecule is CCOC(=O)c1ccc(N2C[C@H]3[C@@H](C2=O)[C@H](c2cccc(Cl)c2F)[C@@]2(Cc4ccc(Cl)cc4NC2=O)N3CC2CC2)cc1C(F)(F)F. The molecule has 3 aromatic carbocycles. The number of alkyl halides is 3. The number of anilines is 2. The first-order valence-corrected chi connectivity index (χ1v) is 16.1. The zero-order valence-electron chi connectivity index (χ0n) is 25.0. The van der Waals surface area contributed by atoms with E-state index in [1.165, 1.54) is 30.0 Å². The van der Waals surface area contributed by atoms with E-state index in [2.05, 4.69) is 5.32 Å². The molecule has 0 radical (unpaired) electrons. The highest BCUT2D eigenvalue weighted by Gasteiger charge is 2.69. The minimum absolute atomic E-state index is 0.0482. The lowest BCUT2D eigenvalue weighted by Gasteiger charge is -2.46. The van der Waals surface area contributed by atoms with E-state index >= 15 is 4.39 Å². The maximum Gasteiger partial charge on any atom is 0.417 e. The highest BCUT2D eigenvalue weighted by molar-refractivity contribution is 6.31. The molecule has 3 fully saturated rings. The summed E-state index contributed by atoms with van der Waals surface area (Å²) in [5, 5.41) is 3.22. The number of fused-ring (bicyclic) bond motifs is 2. The van der Waals surface area contributed by atoms with Crippen LogP contribution in [0.3, 0.4) is 0 Å². The second-order valence-electron chi connectivity index (χ2n) is 12.6. The molecule has 1 N–H and O–H groups in total. The number of nitrogens with one attached hydrogen (secondary N) is 1. The minimum atomic E-state index is -4.91. The number of rotatable bonds is 6. The molecule has 2 saturated heterocycles. The molecule has 0 bridgehead atoms. The number of esters is 1. The lowest BCUT2D eigenvalue weighted by Crippen LogP contribution is -2.62. The van der Waals surface area contributed by atoms with Crippen LogP contribution >= 0.6 is 23.2 Å². The average Bonchev–Trinajstić information content (AvgIpc) is 3.73. The molecule has 47 heavy (non-hydrogen) atoms. The van der Waals surface area contributed by atoms with Crippen molar-refractivity contribution in [1.29, 1.82) is 0 Å². The summed E-state index contributed by atoms with van der Waals surface area (Å²) in [4.78, 5) is 44.6. The van der Waals surface area contributed by atoms with Crippen LogP contribution in [0, 0.1) is 17.7 Å². The maximum absolute atomic E-state index is 16.0. The van der Waals surface area contributed by atoms with E-state index in [4.69, 9.17) is 27.9 Å². The van der Waals surface area contributed by atoms with Gasteiger partial charge in [-0.25, -0.2) is 9.18 Å². The number of amides is 2. The molecular weight excluding hydrogens is 661 g/mol. The highest BCUT2D eigenvalue weighted by atomic mass is 35.5. The Morgan fingerprint density at radius 3 is 2.55 bits per heavy atom. The first-order valence-electron chi connectivity index (χ1n) is 15.4. The number of likely N-dealkylation sites (tertiary alicyclic amines) is 1. The monoisotopic (exact) mass is 689 g/mol. The van der Waals surface area contributed by atoms with E-state index < -0.39 is 64.3 Å². The average molecular weight is 691 g/mol. The topological polar surface area (TPSA) is 79.0 Å². The van der Waals surface area contributed by atoms with Gasteiger partial charge in [-0.15, -0.1) is 0 Å². The van der Waals surface area contributed by atoms with Gasteiger partial charge >= 0.3 is 12.1 Å². The van der Waals surface area contributed by atoms with Gasteiger partial charge in [-0.05, 0) is 73.2 Å². The maximum atomic E-state index is 16.0. The van der Waals surface area contributed by atoms with E-state index in [1.807, 2.05) is 4.90 Å². The van der Waals surface area contributed by atoms with Crippen molar-refractivity contribution >= 4 is 52.4 Å². The zero-order chi connectivity index (χ0) is 33.4. The Hall–Kier alpha value is -3.67. The largest absolute Gasteiger partial charge is 0.462 e. The van der Waals surface area contributed by atoms with Crippen LogP contribution in [0.5, 0.6) is 0 Å². The van der Waals surface area contributed by atoms with Gasteiger partial charge in [0.2, 0.25) is 11.8 Å². The first-order chi connectivity index (χ1) is 22.3. The summed E-state index contributed by atoms with van der Waals surface area (Å²) in [6.45, 7) is 1.76. The van der Waals surface area contributed by atoms with Crippen LogP contribution in [0.15, 0.2) is 54.6 Å². The van der Waals surface area contributed by atoms with Crippen LogP contribution in [-0.4, -0.2) is 54.0 Å². The van der Waals surface area contributed by atoms with Gasteiger partial charge in [-0.1, -0.05) is 41.4 Å². The fourth-order valence-electron chi connectivity index (χ4n) is 7.71. The molecule has 4 atom stereocenters. The predicted octanol–water partition coefficient (Wildman–Crippen LogP) is 7.10. The van der Waals surface area contributed by atoms with Crippen molar-refractivity contribution in [3.63, 3.8) is 0 Å². The summed E-state index contributed by atoms with van der Waals surface area (Å²) in [7, 11) is 0. The Bertz CT molecular complexity index is 1820. The fraction of sp³-hybridized carbons (Fsp3) is 0.382. The number of carbonyl (C=O) groups is 3. The molecular formula is C34H29Cl2F4N3O4. The lowest BCUT2D eigenvalue weighted by molar-refractivity contribution is -0.138. The number of ether oxygens (including phenoxy) is 1. The molecule has 1 aliphatic carbocycles. The van der Waals surface area contributed by atoms with Gasteiger partial charge in [0, 0.05) is 47.9 Å². The molecule has 7 rings (SSSR count). The number of nitrogens with zero attached hydrogens (tertiary/aromatic N) is 2. The molecule has 4 aliphatic rings. The molecule has 3 aromatic rings. The Morgan fingerprint density at radius 1 is 1.09 bits per heavy atom. The van der Waals surface area contributed by atoms with Crippen molar-refractivity contribution in [2.45, 2.75) is 49.9 Å². The molecule has 0 aromatic heterocycles. The van der Waals surface area contributed by atoms with Gasteiger partial charge in [0.25, 0.3) is 0 Å². The van der Waals surface area contributed by atoms with Gasteiger partial charge in [0.15, 0.2) is 0 Å². The van der Waals surface area contributed by atoms with Gasteiger partial charge in [0.1, 0.15) is 11.4 Å². The van der Waals surface area contributed by atoms with Crippen molar-refractivity contribution in [2.24, 2.45) is 11.8 Å². The summed E-state index contributed by atoms with van der Waals surface area (Å²) in [5.41, 5.74) is -2.00. The van der Waals surface area contributed by atoms with Crippen molar-refractivity contribution < 1.29 is 36.7 Å². The van der Waals surface area contributed by atoms with E-state index in [-0.39, 0.29) is 41.8 Å². The minimum Gasteiger partial charge on any atom is -0.462 e. The Kier molecular flexibility index (Phi) is 7.80. The molecule has 2 amide bonds. The molecule has 246 valence electrons. The highest BCUT2D eigenvalue weighted by Crippen LogP contribution is 2.58. The van der Waals surface area contributed by atoms with Crippen LogP contribution < -0.4 is 10.2 Å². The third kappa shape index (κ3) is 5.18. The third-order valence-electron chi connectivity index (χ3n) is 9.88. The number of halogens is 6. The summed E-state index contributed by atoms with van der Waals surface area (Å²) < 4.78 is 63.6. The normalized spacial score (nSPS) is 25.6. The van der Waals surface area contributed by atoms with Crippen LogP contribution in [0.4, 0.5) is 28.9 Å². The van der Waals surface area contributed by atoms with E-state index in [9.17, 15) is 27.6 Å². The molecule has 1 spiro atoms. The van der Waals surface area contributed by atoms with Crippen molar-refractivity contribution in [2.75, 3.05) is 29.9 Å². The van der Waals surface area contributed by atoms with Gasteiger partial charge < -0.3 is 15.0 Å². The smallest absolute Gasteiger partial charge is 0.417 e. The zero-order valence-corrected chi connectivity index (χ0v) is 26.6.